The fraction of sp³-hybridized carbons (Fsp3) is 0.231. The van der Waals surface area contributed by atoms with E-state index < -0.39 is 0 Å². The lowest BCUT2D eigenvalue weighted by Crippen LogP contribution is -1.89. The molecule has 0 aromatic heterocycles. The minimum Gasteiger partial charge on any atom is -0.120 e. The van der Waals surface area contributed by atoms with Gasteiger partial charge in [-0.15, -0.1) is 18.8 Å². The maximum Gasteiger partial charge on any atom is 0.0421 e. The predicted molar refractivity (Wildman–Crippen MR) is 56.2 cm³/mol. The van der Waals surface area contributed by atoms with Crippen LogP contribution < -0.4 is 0 Å². The van der Waals surface area contributed by atoms with Crippen LogP contribution in [0.2, 0.25) is 0 Å². The summed E-state index contributed by atoms with van der Waals surface area (Å²) in [5, 5.41) is 0. The maximum absolute atomic E-state index is 5.32. The van der Waals surface area contributed by atoms with Crippen LogP contribution in [0.1, 0.15) is 24.0 Å². The Morgan fingerprint density at radius 2 is 1.85 bits per heavy atom. The van der Waals surface area contributed by atoms with E-state index in [1.165, 1.54) is 5.56 Å². The van der Waals surface area contributed by atoms with Crippen LogP contribution in [-0.4, -0.2) is 0 Å². The number of hydrogen-bond donors (Lipinski definition) is 0. The Kier molecular flexibility index (Phi) is 3.18. The number of benzene rings is 1. The second kappa shape index (κ2) is 4.39. The van der Waals surface area contributed by atoms with Gasteiger partial charge in [-0.25, -0.2) is 0 Å². The van der Waals surface area contributed by atoms with Crippen molar-refractivity contribution >= 4 is 0 Å². The molecule has 0 bridgehead atoms. The average molecular weight is 168 g/mol. The van der Waals surface area contributed by atoms with Crippen LogP contribution in [0.3, 0.4) is 0 Å². The lowest BCUT2D eigenvalue weighted by molar-refractivity contribution is 1.00. The predicted octanol–water partition coefficient (Wildman–Crippen LogP) is 2.60. The van der Waals surface area contributed by atoms with Crippen molar-refractivity contribution in [1.29, 1.82) is 0 Å². The first-order valence-electron chi connectivity index (χ1n) is 4.26. The van der Waals surface area contributed by atoms with Gasteiger partial charge in [-0.05, 0) is 18.1 Å². The van der Waals surface area contributed by atoms with Gasteiger partial charge in [0.25, 0.3) is 0 Å². The molecule has 13 heavy (non-hydrogen) atoms. The highest BCUT2D eigenvalue weighted by molar-refractivity contribution is 5.30. The molecule has 64 valence electrons. The summed E-state index contributed by atoms with van der Waals surface area (Å²) in [4.78, 5) is 0. The van der Waals surface area contributed by atoms with Crippen molar-refractivity contribution in [3.05, 3.63) is 35.4 Å². The van der Waals surface area contributed by atoms with E-state index in [1.54, 1.807) is 0 Å². The highest BCUT2D eigenvalue weighted by Gasteiger charge is 1.99. The summed E-state index contributed by atoms with van der Waals surface area (Å²) in [6.45, 7) is 2.01. The van der Waals surface area contributed by atoms with Crippen molar-refractivity contribution in [2.45, 2.75) is 19.3 Å². The van der Waals surface area contributed by atoms with E-state index in [-0.39, 0.29) is 5.92 Å². The SMILES string of the molecule is C#CCc1ccc(C(C)C#C)cc1. The van der Waals surface area contributed by atoms with E-state index in [2.05, 4.69) is 11.8 Å². The Hall–Kier alpha value is -1.66. The fourth-order valence-electron chi connectivity index (χ4n) is 1.14. The van der Waals surface area contributed by atoms with Gasteiger partial charge in [0, 0.05) is 12.3 Å². The molecule has 0 radical (unpaired) electrons. The minimum atomic E-state index is 0.180. The number of terminal acetylenes is 2. The van der Waals surface area contributed by atoms with Gasteiger partial charge in [0.15, 0.2) is 0 Å². The van der Waals surface area contributed by atoms with E-state index >= 15 is 0 Å². The molecule has 0 heterocycles. The van der Waals surface area contributed by atoms with Gasteiger partial charge in [0.1, 0.15) is 0 Å². The van der Waals surface area contributed by atoms with Gasteiger partial charge in [-0.3, -0.25) is 0 Å². The van der Waals surface area contributed by atoms with Crippen LogP contribution in [0.25, 0.3) is 0 Å². The largest absolute Gasteiger partial charge is 0.120 e. The van der Waals surface area contributed by atoms with Crippen molar-refractivity contribution in [2.24, 2.45) is 0 Å². The molecule has 0 saturated heterocycles. The highest BCUT2D eigenvalue weighted by Crippen LogP contribution is 2.14. The minimum absolute atomic E-state index is 0.180. The molecule has 0 aliphatic heterocycles. The summed E-state index contributed by atoms with van der Waals surface area (Å²) in [5.74, 6) is 5.48. The van der Waals surface area contributed by atoms with E-state index in [0.717, 1.165) is 5.56 Å². The maximum atomic E-state index is 5.32. The molecular weight excluding hydrogens is 156 g/mol. The summed E-state index contributed by atoms with van der Waals surface area (Å²) >= 11 is 0. The van der Waals surface area contributed by atoms with E-state index in [9.17, 15) is 0 Å². The summed E-state index contributed by atoms with van der Waals surface area (Å²) < 4.78 is 0. The number of hydrogen-bond acceptors (Lipinski definition) is 0. The lowest BCUT2D eigenvalue weighted by atomic mass is 10.00. The summed E-state index contributed by atoms with van der Waals surface area (Å²) in [7, 11) is 0. The van der Waals surface area contributed by atoms with E-state index in [1.807, 2.05) is 31.2 Å². The van der Waals surface area contributed by atoms with Gasteiger partial charge in [0.2, 0.25) is 0 Å². The Labute approximate surface area is 80.0 Å². The third-order valence-corrected chi connectivity index (χ3v) is 2.04. The van der Waals surface area contributed by atoms with Crippen LogP contribution in [0.5, 0.6) is 0 Å². The van der Waals surface area contributed by atoms with Crippen LogP contribution >= 0.6 is 0 Å². The first-order chi connectivity index (χ1) is 6.27. The standard InChI is InChI=1S/C13H12/c1-4-6-12-7-9-13(10-8-12)11(3)5-2/h1-2,7-11H,6H2,3H3. The second-order valence-corrected chi connectivity index (χ2v) is 3.01. The van der Waals surface area contributed by atoms with Gasteiger partial charge in [-0.2, -0.15) is 0 Å². The molecule has 1 aromatic carbocycles. The lowest BCUT2D eigenvalue weighted by Gasteiger charge is -2.04. The molecular formula is C13H12. The molecule has 0 aliphatic carbocycles. The Morgan fingerprint density at radius 1 is 1.23 bits per heavy atom. The normalized spacial score (nSPS) is 11.3. The van der Waals surface area contributed by atoms with Crippen molar-refractivity contribution in [1.82, 2.24) is 0 Å². The first kappa shape index (κ1) is 9.43. The molecule has 1 atom stereocenters. The van der Waals surface area contributed by atoms with Gasteiger partial charge >= 0.3 is 0 Å². The summed E-state index contributed by atoms with van der Waals surface area (Å²) in [6, 6.07) is 8.14. The molecule has 1 unspecified atom stereocenters. The fourth-order valence-corrected chi connectivity index (χ4v) is 1.14. The Morgan fingerprint density at radius 3 is 2.31 bits per heavy atom. The molecule has 1 rings (SSSR count). The van der Waals surface area contributed by atoms with Gasteiger partial charge < -0.3 is 0 Å². The van der Waals surface area contributed by atoms with Crippen molar-refractivity contribution < 1.29 is 0 Å². The molecule has 0 heteroatoms. The molecule has 0 fully saturated rings. The molecule has 0 nitrogen and oxygen atoms in total. The highest BCUT2D eigenvalue weighted by atomic mass is 14.0. The van der Waals surface area contributed by atoms with E-state index in [0.29, 0.717) is 6.42 Å². The van der Waals surface area contributed by atoms with Crippen LogP contribution in [0.4, 0.5) is 0 Å². The van der Waals surface area contributed by atoms with Crippen molar-refractivity contribution in [3.63, 3.8) is 0 Å². The molecule has 0 saturated carbocycles. The van der Waals surface area contributed by atoms with E-state index in [4.69, 9.17) is 12.8 Å². The zero-order valence-corrected chi connectivity index (χ0v) is 7.75. The third kappa shape index (κ3) is 2.39. The average Bonchev–Trinajstić information content (AvgIpc) is 2.18. The van der Waals surface area contributed by atoms with Gasteiger partial charge in [0.05, 0.1) is 0 Å². The monoisotopic (exact) mass is 168 g/mol. The summed E-state index contributed by atoms with van der Waals surface area (Å²) in [6.07, 6.45) is 11.2. The van der Waals surface area contributed by atoms with Gasteiger partial charge in [-0.1, -0.05) is 30.2 Å². The quantitative estimate of drug-likeness (QED) is 0.595. The zero-order chi connectivity index (χ0) is 9.68. The Balaban J connectivity index is 2.83. The van der Waals surface area contributed by atoms with Crippen molar-refractivity contribution in [2.75, 3.05) is 0 Å². The molecule has 0 aliphatic rings. The van der Waals surface area contributed by atoms with Crippen LogP contribution in [0.15, 0.2) is 24.3 Å². The molecule has 1 aromatic rings. The molecule has 0 N–H and O–H groups in total. The first-order valence-corrected chi connectivity index (χ1v) is 4.26. The molecule has 0 amide bonds. The summed E-state index contributed by atoms with van der Waals surface area (Å²) in [5.41, 5.74) is 2.33. The third-order valence-electron chi connectivity index (χ3n) is 2.04. The Bertz CT molecular complexity index is 343. The van der Waals surface area contributed by atoms with Crippen LogP contribution in [-0.2, 0) is 6.42 Å². The van der Waals surface area contributed by atoms with Crippen molar-refractivity contribution in [3.8, 4) is 24.7 Å². The van der Waals surface area contributed by atoms with Crippen LogP contribution in [0, 0.1) is 24.7 Å². The topological polar surface area (TPSA) is 0 Å². The zero-order valence-electron chi connectivity index (χ0n) is 7.75. The molecule has 0 spiro atoms. The second-order valence-electron chi connectivity index (χ2n) is 3.01. The smallest absolute Gasteiger partial charge is 0.0421 e. The number of rotatable bonds is 2.